The molecule has 0 bridgehead atoms. The molecule has 0 radical (unpaired) electrons. The van der Waals surface area contributed by atoms with Gasteiger partial charge in [0.1, 0.15) is 24.4 Å². The molecule has 2 aliphatic heterocycles. The average Bonchev–Trinajstić information content (AvgIpc) is 2.92. The minimum absolute atomic E-state index is 0.210. The van der Waals surface area contributed by atoms with Crippen molar-refractivity contribution in [1.29, 1.82) is 0 Å². The Bertz CT molecular complexity index is 1040. The van der Waals surface area contributed by atoms with E-state index < -0.39 is 6.29 Å². The molecule has 2 heterocycles. The predicted molar refractivity (Wildman–Crippen MR) is 134 cm³/mol. The van der Waals surface area contributed by atoms with Crippen molar-refractivity contribution in [3.05, 3.63) is 120 Å². The molecule has 2 fully saturated rings. The maximum atomic E-state index is 6.58. The Kier molecular flexibility index (Phi) is 8.03. The van der Waals surface area contributed by atoms with Crippen LogP contribution in [0.1, 0.15) is 29.4 Å². The molecule has 5 heteroatoms. The molecule has 182 valence electrons. The van der Waals surface area contributed by atoms with Crippen molar-refractivity contribution in [3.63, 3.8) is 0 Å². The number of fused-ring (bicyclic) bond motifs is 1. The van der Waals surface area contributed by atoms with Crippen molar-refractivity contribution in [2.24, 2.45) is 0 Å². The minimum atomic E-state index is -0.477. The fourth-order valence-corrected chi connectivity index (χ4v) is 4.72. The van der Waals surface area contributed by atoms with Crippen molar-refractivity contribution in [2.45, 2.75) is 56.4 Å². The van der Waals surface area contributed by atoms with Crippen LogP contribution in [0.4, 0.5) is 0 Å². The predicted octanol–water partition coefficient (Wildman–Crippen LogP) is 5.61. The van der Waals surface area contributed by atoms with Crippen LogP contribution in [0, 0.1) is 0 Å². The third-order valence-corrected chi connectivity index (χ3v) is 6.46. The van der Waals surface area contributed by atoms with E-state index in [4.69, 9.17) is 23.7 Å². The Morgan fingerprint density at radius 1 is 0.743 bits per heavy atom. The first-order valence-electron chi connectivity index (χ1n) is 12.2. The van der Waals surface area contributed by atoms with Crippen molar-refractivity contribution >= 4 is 0 Å². The number of ether oxygens (including phenoxy) is 5. The molecule has 0 aromatic heterocycles. The first kappa shape index (κ1) is 23.9. The molecule has 3 aromatic rings. The second-order valence-corrected chi connectivity index (χ2v) is 8.94. The molecule has 2 aliphatic rings. The van der Waals surface area contributed by atoms with Crippen LogP contribution in [0.25, 0.3) is 0 Å². The lowest BCUT2D eigenvalue weighted by molar-refractivity contribution is -0.339. The van der Waals surface area contributed by atoms with Crippen molar-refractivity contribution in [1.82, 2.24) is 0 Å². The minimum Gasteiger partial charge on any atom is -0.368 e. The summed E-state index contributed by atoms with van der Waals surface area (Å²) < 4.78 is 32.1. The molecule has 0 aliphatic carbocycles. The van der Waals surface area contributed by atoms with Crippen molar-refractivity contribution < 1.29 is 23.7 Å². The van der Waals surface area contributed by atoms with Crippen LogP contribution in [0.15, 0.2) is 104 Å². The standard InChI is InChI=1S/C30H32O5/c1-2-12-25-27(31-19-22-13-6-3-7-14-22)29(32-20-23-15-8-4-9-16-23)28-26(34-25)21-33-30(35-28)24-17-10-5-11-18-24/h2-11,13-18,25-30H,1,12,19-21H2/t25-,26-,27-,28-,29-,30-/m1/s1. The number of hydrogen-bond donors (Lipinski definition) is 0. The number of hydrogen-bond acceptors (Lipinski definition) is 5. The van der Waals surface area contributed by atoms with Gasteiger partial charge in [0, 0.05) is 5.56 Å². The maximum absolute atomic E-state index is 6.58. The third-order valence-electron chi connectivity index (χ3n) is 6.46. The number of rotatable bonds is 9. The van der Waals surface area contributed by atoms with E-state index in [2.05, 4.69) is 30.8 Å². The lowest BCUT2D eigenvalue weighted by Gasteiger charge is -2.49. The summed E-state index contributed by atoms with van der Waals surface area (Å²) in [5.74, 6) is 0. The summed E-state index contributed by atoms with van der Waals surface area (Å²) in [7, 11) is 0. The Morgan fingerprint density at radius 2 is 1.31 bits per heavy atom. The summed E-state index contributed by atoms with van der Waals surface area (Å²) in [5.41, 5.74) is 3.18. The summed E-state index contributed by atoms with van der Waals surface area (Å²) in [5, 5.41) is 0. The molecular weight excluding hydrogens is 440 g/mol. The third kappa shape index (κ3) is 5.89. The highest BCUT2D eigenvalue weighted by Gasteiger charge is 2.50. The van der Waals surface area contributed by atoms with Gasteiger partial charge in [-0.05, 0) is 17.5 Å². The van der Waals surface area contributed by atoms with E-state index >= 15 is 0 Å². The van der Waals surface area contributed by atoms with E-state index in [-0.39, 0.29) is 30.5 Å². The second kappa shape index (κ2) is 11.8. The lowest BCUT2D eigenvalue weighted by atomic mass is 9.92. The van der Waals surface area contributed by atoms with Gasteiger partial charge in [-0.3, -0.25) is 0 Å². The molecule has 2 saturated heterocycles. The van der Waals surface area contributed by atoms with Gasteiger partial charge >= 0.3 is 0 Å². The molecule has 5 rings (SSSR count). The monoisotopic (exact) mass is 472 g/mol. The Labute approximate surface area is 207 Å². The summed E-state index contributed by atoms with van der Waals surface area (Å²) in [4.78, 5) is 0. The van der Waals surface area contributed by atoms with Gasteiger partial charge in [0.25, 0.3) is 0 Å². The molecule has 0 unspecified atom stereocenters. The van der Waals surface area contributed by atoms with Crippen LogP contribution in [0.3, 0.4) is 0 Å². The molecule has 0 spiro atoms. The summed E-state index contributed by atoms with van der Waals surface area (Å²) in [6.07, 6.45) is 0.585. The van der Waals surface area contributed by atoms with Crippen LogP contribution in [-0.2, 0) is 36.9 Å². The molecule has 3 aromatic carbocycles. The van der Waals surface area contributed by atoms with Gasteiger partial charge in [-0.1, -0.05) is 97.1 Å². The van der Waals surface area contributed by atoms with Gasteiger partial charge in [0.05, 0.1) is 25.9 Å². The smallest absolute Gasteiger partial charge is 0.184 e. The molecule has 0 saturated carbocycles. The molecular formula is C30H32O5. The van der Waals surface area contributed by atoms with E-state index in [0.717, 1.165) is 16.7 Å². The fraction of sp³-hybridized carbons (Fsp3) is 0.333. The van der Waals surface area contributed by atoms with E-state index in [1.54, 1.807) is 0 Å². The van der Waals surface area contributed by atoms with E-state index in [1.807, 2.05) is 72.8 Å². The zero-order valence-electron chi connectivity index (χ0n) is 19.8. The summed E-state index contributed by atoms with van der Waals surface area (Å²) in [6.45, 7) is 5.29. The lowest BCUT2D eigenvalue weighted by Crippen LogP contribution is -2.63. The highest BCUT2D eigenvalue weighted by Crippen LogP contribution is 2.37. The topological polar surface area (TPSA) is 46.2 Å². The average molecular weight is 473 g/mol. The van der Waals surface area contributed by atoms with Gasteiger partial charge in [0.2, 0.25) is 0 Å². The largest absolute Gasteiger partial charge is 0.368 e. The van der Waals surface area contributed by atoms with E-state index in [1.165, 1.54) is 0 Å². The highest BCUT2D eigenvalue weighted by molar-refractivity contribution is 5.18. The van der Waals surface area contributed by atoms with Crippen LogP contribution in [0.2, 0.25) is 0 Å². The van der Waals surface area contributed by atoms with Gasteiger partial charge in [-0.2, -0.15) is 0 Å². The first-order valence-corrected chi connectivity index (χ1v) is 12.2. The van der Waals surface area contributed by atoms with Crippen LogP contribution < -0.4 is 0 Å². The van der Waals surface area contributed by atoms with E-state index in [0.29, 0.717) is 26.2 Å². The fourth-order valence-electron chi connectivity index (χ4n) is 4.72. The van der Waals surface area contributed by atoms with Gasteiger partial charge in [-0.15, -0.1) is 6.58 Å². The molecule has 0 amide bonds. The van der Waals surface area contributed by atoms with Crippen molar-refractivity contribution in [2.75, 3.05) is 6.61 Å². The van der Waals surface area contributed by atoms with Crippen LogP contribution in [-0.4, -0.2) is 37.1 Å². The SMILES string of the molecule is C=CC[C@H]1O[C@@H]2CO[C@@H](c3ccccc3)O[C@H]2[C@H](OCc2ccccc2)[C@@H]1OCc1ccccc1. The Hall–Kier alpha value is -2.80. The molecule has 35 heavy (non-hydrogen) atoms. The maximum Gasteiger partial charge on any atom is 0.184 e. The highest BCUT2D eigenvalue weighted by atomic mass is 16.7. The van der Waals surface area contributed by atoms with E-state index in [9.17, 15) is 0 Å². The molecule has 6 atom stereocenters. The van der Waals surface area contributed by atoms with Crippen LogP contribution in [0.5, 0.6) is 0 Å². The van der Waals surface area contributed by atoms with Gasteiger partial charge < -0.3 is 23.7 Å². The van der Waals surface area contributed by atoms with Crippen molar-refractivity contribution in [3.8, 4) is 0 Å². The van der Waals surface area contributed by atoms with Gasteiger partial charge in [-0.25, -0.2) is 0 Å². The zero-order chi connectivity index (χ0) is 23.9. The molecule has 5 nitrogen and oxygen atoms in total. The zero-order valence-corrected chi connectivity index (χ0v) is 19.8. The Morgan fingerprint density at radius 3 is 1.91 bits per heavy atom. The van der Waals surface area contributed by atoms with Crippen LogP contribution >= 0.6 is 0 Å². The normalized spacial score (nSPS) is 28.2. The summed E-state index contributed by atoms with van der Waals surface area (Å²) in [6, 6.07) is 30.3. The quantitative estimate of drug-likeness (QED) is 0.379. The second-order valence-electron chi connectivity index (χ2n) is 8.94. The summed E-state index contributed by atoms with van der Waals surface area (Å²) >= 11 is 0. The van der Waals surface area contributed by atoms with Gasteiger partial charge in [0.15, 0.2) is 6.29 Å². The Balaban J connectivity index is 1.40. The number of benzene rings is 3. The first-order chi connectivity index (χ1) is 17.3. The molecule has 0 N–H and O–H groups in total.